The van der Waals surface area contributed by atoms with E-state index < -0.39 is 0 Å². The van der Waals surface area contributed by atoms with Crippen molar-refractivity contribution in [2.45, 2.75) is 31.4 Å². The molecule has 0 aromatic carbocycles. The maximum Gasteiger partial charge on any atom is 0.257 e. The summed E-state index contributed by atoms with van der Waals surface area (Å²) in [4.78, 5) is 18.5. The minimum Gasteiger partial charge on any atom is -0.469 e. The third-order valence-corrected chi connectivity index (χ3v) is 5.00. The van der Waals surface area contributed by atoms with Crippen molar-refractivity contribution < 1.29 is 18.3 Å². The summed E-state index contributed by atoms with van der Waals surface area (Å²) in [5.74, 6) is 0.470. The summed E-state index contributed by atoms with van der Waals surface area (Å²) in [6, 6.07) is 4.62. The van der Waals surface area contributed by atoms with Gasteiger partial charge in [0, 0.05) is 19.2 Å². The number of carbonyl (C=O) groups excluding carboxylic acids is 1. The van der Waals surface area contributed by atoms with Crippen molar-refractivity contribution in [3.05, 3.63) is 47.8 Å². The second kappa shape index (κ2) is 6.15. The molecule has 0 unspecified atom stereocenters. The fraction of sp³-hybridized carbons (Fsp3) is 0.444. The van der Waals surface area contributed by atoms with Gasteiger partial charge in [0.25, 0.3) is 5.91 Å². The van der Waals surface area contributed by atoms with Gasteiger partial charge in [-0.05, 0) is 31.5 Å². The number of likely N-dealkylation sites (tertiary alicyclic amines) is 1. The van der Waals surface area contributed by atoms with Crippen LogP contribution in [0.15, 0.2) is 35.1 Å². The fourth-order valence-electron chi connectivity index (χ4n) is 3.70. The molecule has 2 aliphatic heterocycles. The second-order valence-electron chi connectivity index (χ2n) is 6.74. The Bertz CT molecular complexity index is 793. The number of ether oxygens (including phenoxy) is 1. The molecule has 7 heteroatoms. The number of pyridine rings is 1. The summed E-state index contributed by atoms with van der Waals surface area (Å²) in [5.41, 5.74) is 0.233. The number of furan rings is 1. The van der Waals surface area contributed by atoms with Gasteiger partial charge in [-0.2, -0.15) is 0 Å². The summed E-state index contributed by atoms with van der Waals surface area (Å²) >= 11 is 0. The molecular formula is C18H20FN3O3. The summed E-state index contributed by atoms with van der Waals surface area (Å²) in [7, 11) is 0. The van der Waals surface area contributed by atoms with Gasteiger partial charge in [-0.25, -0.2) is 9.37 Å². The highest BCUT2D eigenvalue weighted by Gasteiger charge is 2.47. The van der Waals surface area contributed by atoms with Gasteiger partial charge in [-0.1, -0.05) is 0 Å². The highest BCUT2D eigenvalue weighted by molar-refractivity contribution is 5.95. The van der Waals surface area contributed by atoms with E-state index in [1.54, 1.807) is 25.3 Å². The average molecular weight is 345 g/mol. The van der Waals surface area contributed by atoms with Gasteiger partial charge in [0.05, 0.1) is 36.6 Å². The van der Waals surface area contributed by atoms with Crippen LogP contribution in [-0.2, 0) is 4.74 Å². The number of aryl methyl sites for hydroxylation is 1. The Kier molecular flexibility index (Phi) is 3.95. The quantitative estimate of drug-likeness (QED) is 0.926. The van der Waals surface area contributed by atoms with E-state index in [4.69, 9.17) is 9.15 Å². The summed E-state index contributed by atoms with van der Waals surface area (Å²) < 4.78 is 25.0. The van der Waals surface area contributed by atoms with Crippen molar-refractivity contribution in [1.29, 1.82) is 0 Å². The molecule has 0 bridgehead atoms. The minimum atomic E-state index is -0.373. The molecule has 0 aliphatic carbocycles. The Morgan fingerprint density at radius 2 is 2.36 bits per heavy atom. The summed E-state index contributed by atoms with van der Waals surface area (Å²) in [5, 5.41) is 3.11. The first-order valence-electron chi connectivity index (χ1n) is 8.41. The molecule has 132 valence electrons. The Balaban J connectivity index is 1.41. The van der Waals surface area contributed by atoms with Crippen molar-refractivity contribution in [3.8, 4) is 0 Å². The predicted octanol–water partition coefficient (Wildman–Crippen LogP) is 2.61. The fourth-order valence-corrected chi connectivity index (χ4v) is 3.70. The Morgan fingerprint density at radius 3 is 3.12 bits per heavy atom. The topological polar surface area (TPSA) is 67.6 Å². The molecular weight excluding hydrogens is 325 g/mol. The van der Waals surface area contributed by atoms with Crippen molar-refractivity contribution in [2.24, 2.45) is 0 Å². The van der Waals surface area contributed by atoms with Crippen LogP contribution < -0.4 is 5.32 Å². The molecule has 2 fully saturated rings. The molecule has 2 aromatic heterocycles. The maximum absolute atomic E-state index is 13.7. The molecule has 25 heavy (non-hydrogen) atoms. The van der Waals surface area contributed by atoms with E-state index in [0.29, 0.717) is 31.0 Å². The number of nitrogens with one attached hydrogen (secondary N) is 1. The SMILES string of the molecule is Cc1occc1C(=O)N1CC[C@@]2(C[C@H](Nc3ncccc3F)CO2)C1. The first-order chi connectivity index (χ1) is 12.1. The van der Waals surface area contributed by atoms with E-state index in [1.807, 2.05) is 4.90 Å². The largest absolute Gasteiger partial charge is 0.469 e. The molecule has 6 nitrogen and oxygen atoms in total. The van der Waals surface area contributed by atoms with Crippen LogP contribution in [0.4, 0.5) is 10.2 Å². The lowest BCUT2D eigenvalue weighted by atomic mass is 9.97. The number of aromatic nitrogens is 1. The molecule has 1 amide bonds. The van der Waals surface area contributed by atoms with Crippen molar-refractivity contribution in [1.82, 2.24) is 9.88 Å². The number of amides is 1. The molecule has 2 saturated heterocycles. The normalized spacial score (nSPS) is 25.7. The van der Waals surface area contributed by atoms with Gasteiger partial charge < -0.3 is 19.4 Å². The van der Waals surface area contributed by atoms with Crippen molar-refractivity contribution >= 4 is 11.7 Å². The van der Waals surface area contributed by atoms with E-state index in [2.05, 4.69) is 10.3 Å². The minimum absolute atomic E-state index is 0.0184. The molecule has 2 aliphatic rings. The maximum atomic E-state index is 13.7. The van der Waals surface area contributed by atoms with Crippen LogP contribution in [0.2, 0.25) is 0 Å². The molecule has 4 rings (SSSR count). The second-order valence-corrected chi connectivity index (χ2v) is 6.74. The van der Waals surface area contributed by atoms with Crippen LogP contribution in [0.1, 0.15) is 29.0 Å². The van der Waals surface area contributed by atoms with Gasteiger partial charge in [-0.15, -0.1) is 0 Å². The third kappa shape index (κ3) is 3.00. The van der Waals surface area contributed by atoms with Gasteiger partial charge in [0.15, 0.2) is 11.6 Å². The van der Waals surface area contributed by atoms with E-state index in [1.165, 1.54) is 12.3 Å². The van der Waals surface area contributed by atoms with E-state index >= 15 is 0 Å². The molecule has 2 aromatic rings. The number of hydrogen-bond donors (Lipinski definition) is 1. The average Bonchev–Trinajstić information content (AvgIpc) is 3.31. The zero-order chi connectivity index (χ0) is 17.4. The lowest BCUT2D eigenvalue weighted by Gasteiger charge is -2.23. The zero-order valence-corrected chi connectivity index (χ0v) is 14.0. The van der Waals surface area contributed by atoms with Crippen molar-refractivity contribution in [2.75, 3.05) is 25.0 Å². The highest BCUT2D eigenvalue weighted by Crippen LogP contribution is 2.37. The number of halogens is 1. The van der Waals surface area contributed by atoms with Crippen LogP contribution in [0.25, 0.3) is 0 Å². The number of anilines is 1. The number of rotatable bonds is 3. The summed E-state index contributed by atoms with van der Waals surface area (Å²) in [6.07, 6.45) is 4.58. The number of nitrogens with zero attached hydrogens (tertiary/aromatic N) is 2. The first-order valence-corrected chi connectivity index (χ1v) is 8.41. The monoisotopic (exact) mass is 345 g/mol. The molecule has 1 spiro atoms. The van der Waals surface area contributed by atoms with E-state index in [-0.39, 0.29) is 29.2 Å². The van der Waals surface area contributed by atoms with Crippen LogP contribution in [0.5, 0.6) is 0 Å². The Morgan fingerprint density at radius 1 is 1.48 bits per heavy atom. The Labute approximate surface area is 145 Å². The van der Waals surface area contributed by atoms with Crippen molar-refractivity contribution in [3.63, 3.8) is 0 Å². The zero-order valence-electron chi connectivity index (χ0n) is 14.0. The molecule has 1 N–H and O–H groups in total. The predicted molar refractivity (Wildman–Crippen MR) is 88.9 cm³/mol. The highest BCUT2D eigenvalue weighted by atomic mass is 19.1. The van der Waals surface area contributed by atoms with E-state index in [9.17, 15) is 9.18 Å². The molecule has 0 radical (unpaired) electrons. The van der Waals surface area contributed by atoms with Gasteiger partial charge in [-0.3, -0.25) is 4.79 Å². The smallest absolute Gasteiger partial charge is 0.257 e. The number of hydrogen-bond acceptors (Lipinski definition) is 5. The Hall–Kier alpha value is -2.41. The molecule has 2 atom stereocenters. The van der Waals surface area contributed by atoms with Crippen LogP contribution in [0, 0.1) is 12.7 Å². The van der Waals surface area contributed by atoms with Gasteiger partial charge in [0.1, 0.15) is 5.76 Å². The molecule has 4 heterocycles. The van der Waals surface area contributed by atoms with Crippen LogP contribution in [-0.4, -0.2) is 47.1 Å². The number of carbonyl (C=O) groups is 1. The lowest BCUT2D eigenvalue weighted by molar-refractivity contribution is 0.0124. The molecule has 0 saturated carbocycles. The van der Waals surface area contributed by atoms with Crippen LogP contribution in [0.3, 0.4) is 0 Å². The first kappa shape index (κ1) is 16.1. The standard InChI is InChI=1S/C18H20FN3O3/c1-12-14(4-8-24-12)17(23)22-7-5-18(11-22)9-13(10-25-18)21-16-15(19)3-2-6-20-16/h2-4,6,8,13H,5,7,9-11H2,1H3,(H,20,21)/t13-,18+/m0/s1. The van der Waals surface area contributed by atoms with Gasteiger partial charge >= 0.3 is 0 Å². The summed E-state index contributed by atoms with van der Waals surface area (Å²) in [6.45, 7) is 3.45. The van der Waals surface area contributed by atoms with E-state index in [0.717, 1.165) is 12.8 Å². The van der Waals surface area contributed by atoms with Gasteiger partial charge in [0.2, 0.25) is 0 Å². The lowest BCUT2D eigenvalue weighted by Crippen LogP contribution is -2.36. The van der Waals surface area contributed by atoms with Crippen LogP contribution >= 0.6 is 0 Å². The third-order valence-electron chi connectivity index (χ3n) is 5.00.